The summed E-state index contributed by atoms with van der Waals surface area (Å²) in [5, 5.41) is 75.3. The van der Waals surface area contributed by atoms with E-state index in [0.29, 0.717) is 19.3 Å². The molecule has 0 saturated carbocycles. The largest absolute Gasteiger partial charge is 0.394 e. The Bertz CT molecular complexity index is 1080. The normalized spacial score (nSPS) is 22.4. The molecule has 338 valence electrons. The zero-order valence-corrected chi connectivity index (χ0v) is 36.3. The van der Waals surface area contributed by atoms with Crippen LogP contribution in [0.1, 0.15) is 174 Å². The van der Waals surface area contributed by atoms with Gasteiger partial charge in [-0.25, -0.2) is 0 Å². The maximum absolute atomic E-state index is 13.0. The van der Waals surface area contributed by atoms with Crippen molar-refractivity contribution in [3.8, 4) is 0 Å². The fourth-order valence-electron chi connectivity index (χ4n) is 7.02. The molecule has 58 heavy (non-hydrogen) atoms. The van der Waals surface area contributed by atoms with E-state index in [9.17, 15) is 40.5 Å². The van der Waals surface area contributed by atoms with E-state index >= 15 is 0 Å². The zero-order chi connectivity index (χ0) is 42.6. The summed E-state index contributed by atoms with van der Waals surface area (Å²) in [7, 11) is 0. The summed E-state index contributed by atoms with van der Waals surface area (Å²) >= 11 is 0. The summed E-state index contributed by atoms with van der Waals surface area (Å²) in [6, 6.07) is -1.19. The second kappa shape index (κ2) is 36.9. The highest BCUT2D eigenvalue weighted by atomic mass is 16.7. The number of ether oxygens (including phenoxy) is 2. The number of hydrogen-bond acceptors (Lipinski definition) is 10. The predicted molar refractivity (Wildman–Crippen MR) is 233 cm³/mol. The third-order valence-corrected chi connectivity index (χ3v) is 10.8. The van der Waals surface area contributed by atoms with Crippen LogP contribution in [0.15, 0.2) is 48.6 Å². The van der Waals surface area contributed by atoms with Crippen LogP contribution in [-0.4, -0.2) is 110 Å². The topological polar surface area (TPSA) is 189 Å². The second-order valence-corrected chi connectivity index (χ2v) is 16.1. The minimum atomic E-state index is -1.67. The van der Waals surface area contributed by atoms with Crippen molar-refractivity contribution in [2.75, 3.05) is 13.2 Å². The van der Waals surface area contributed by atoms with Gasteiger partial charge >= 0.3 is 0 Å². The average Bonchev–Trinajstić information content (AvgIpc) is 3.22. The van der Waals surface area contributed by atoms with Gasteiger partial charge in [-0.2, -0.15) is 0 Å². The molecule has 0 aromatic carbocycles. The van der Waals surface area contributed by atoms with Crippen LogP contribution in [0.25, 0.3) is 0 Å². The van der Waals surface area contributed by atoms with Crippen LogP contribution in [0.3, 0.4) is 0 Å². The summed E-state index contributed by atoms with van der Waals surface area (Å²) in [6.07, 6.45) is 31.9. The number of rotatable bonds is 37. The van der Waals surface area contributed by atoms with Crippen LogP contribution in [0.2, 0.25) is 0 Å². The lowest BCUT2D eigenvalue weighted by Crippen LogP contribution is -2.60. The highest BCUT2D eigenvalue weighted by Crippen LogP contribution is 2.23. The van der Waals surface area contributed by atoms with E-state index in [1.165, 1.54) is 64.2 Å². The first-order valence-corrected chi connectivity index (χ1v) is 23.0. The van der Waals surface area contributed by atoms with Gasteiger partial charge in [0.2, 0.25) is 5.91 Å². The van der Waals surface area contributed by atoms with Crippen molar-refractivity contribution >= 4 is 5.91 Å². The number of aliphatic hydroxyl groups is 7. The first kappa shape index (κ1) is 54.1. The first-order valence-electron chi connectivity index (χ1n) is 23.0. The predicted octanol–water partition coefficient (Wildman–Crippen LogP) is 7.39. The molecule has 1 heterocycles. The molecule has 0 aromatic heterocycles. The van der Waals surface area contributed by atoms with E-state index < -0.39 is 74.2 Å². The minimum absolute atomic E-state index is 0.237. The van der Waals surface area contributed by atoms with Crippen molar-refractivity contribution < 1.29 is 50.0 Å². The van der Waals surface area contributed by atoms with Crippen LogP contribution in [0, 0.1) is 0 Å². The number of hydrogen-bond donors (Lipinski definition) is 8. The zero-order valence-electron chi connectivity index (χ0n) is 36.3. The van der Waals surface area contributed by atoms with Gasteiger partial charge in [-0.3, -0.25) is 4.79 Å². The summed E-state index contributed by atoms with van der Waals surface area (Å²) in [5.41, 5.74) is 0. The molecule has 9 unspecified atom stereocenters. The SMILES string of the molecule is CC/C=C/CC/C=C/CCCC(O)C(O)C(COC1OC(CO)C(O)C(O)C1O)NC(=O)C(O)CCCCCCCC/C=C\C/C=C\CCCCCCCCCCC. The third kappa shape index (κ3) is 26.3. The molecule has 1 fully saturated rings. The van der Waals surface area contributed by atoms with Crippen LogP contribution in [-0.2, 0) is 14.3 Å². The lowest BCUT2D eigenvalue weighted by atomic mass is 9.98. The molecule has 1 amide bonds. The summed E-state index contributed by atoms with van der Waals surface area (Å²) in [5.74, 6) is -0.723. The van der Waals surface area contributed by atoms with Gasteiger partial charge in [-0.05, 0) is 77.0 Å². The lowest BCUT2D eigenvalue weighted by molar-refractivity contribution is -0.303. The van der Waals surface area contributed by atoms with Gasteiger partial charge in [0.1, 0.15) is 36.6 Å². The van der Waals surface area contributed by atoms with Crippen molar-refractivity contribution in [1.82, 2.24) is 5.32 Å². The molecule has 1 aliphatic heterocycles. The molecule has 0 spiro atoms. The number of carbonyl (C=O) groups excluding carboxylic acids is 1. The summed E-state index contributed by atoms with van der Waals surface area (Å²) < 4.78 is 11.0. The molecule has 1 aliphatic rings. The Hall–Kier alpha value is -1.93. The second-order valence-electron chi connectivity index (χ2n) is 16.1. The van der Waals surface area contributed by atoms with Crippen LogP contribution >= 0.6 is 0 Å². The average molecular weight is 824 g/mol. The van der Waals surface area contributed by atoms with Crippen molar-refractivity contribution in [1.29, 1.82) is 0 Å². The molecule has 0 aliphatic carbocycles. The van der Waals surface area contributed by atoms with E-state index in [0.717, 1.165) is 64.2 Å². The molecular weight excluding hydrogens is 739 g/mol. The molecular formula is C47H85NO10. The molecule has 11 heteroatoms. The highest BCUT2D eigenvalue weighted by Gasteiger charge is 2.44. The fourth-order valence-corrected chi connectivity index (χ4v) is 7.02. The Morgan fingerprint density at radius 1 is 0.621 bits per heavy atom. The smallest absolute Gasteiger partial charge is 0.249 e. The van der Waals surface area contributed by atoms with Gasteiger partial charge in [0, 0.05) is 0 Å². The molecule has 9 atom stereocenters. The molecule has 11 nitrogen and oxygen atoms in total. The van der Waals surface area contributed by atoms with Crippen molar-refractivity contribution in [2.45, 2.75) is 229 Å². The Morgan fingerprint density at radius 2 is 1.14 bits per heavy atom. The third-order valence-electron chi connectivity index (χ3n) is 10.8. The molecule has 1 saturated heterocycles. The van der Waals surface area contributed by atoms with Gasteiger partial charge < -0.3 is 50.5 Å². The van der Waals surface area contributed by atoms with Gasteiger partial charge in [0.25, 0.3) is 0 Å². The first-order chi connectivity index (χ1) is 28.2. The number of unbranched alkanes of at least 4 members (excludes halogenated alkanes) is 17. The van der Waals surface area contributed by atoms with Gasteiger partial charge in [-0.1, -0.05) is 146 Å². The maximum Gasteiger partial charge on any atom is 0.249 e. The van der Waals surface area contributed by atoms with Crippen molar-refractivity contribution in [2.24, 2.45) is 0 Å². The molecule has 0 aromatic rings. The van der Waals surface area contributed by atoms with E-state index in [4.69, 9.17) is 9.47 Å². The van der Waals surface area contributed by atoms with Gasteiger partial charge in [0.05, 0.1) is 25.4 Å². The lowest BCUT2D eigenvalue weighted by Gasteiger charge is -2.40. The van der Waals surface area contributed by atoms with Gasteiger partial charge in [-0.15, -0.1) is 0 Å². The fraction of sp³-hybridized carbons (Fsp3) is 0.809. The van der Waals surface area contributed by atoms with Crippen LogP contribution in [0.4, 0.5) is 0 Å². The van der Waals surface area contributed by atoms with Crippen molar-refractivity contribution in [3.05, 3.63) is 48.6 Å². The number of nitrogens with one attached hydrogen (secondary N) is 1. The monoisotopic (exact) mass is 824 g/mol. The van der Waals surface area contributed by atoms with Gasteiger partial charge in [0.15, 0.2) is 6.29 Å². The Kier molecular flexibility index (Phi) is 34.4. The molecule has 1 rings (SSSR count). The Morgan fingerprint density at radius 3 is 1.72 bits per heavy atom. The number of carbonyl (C=O) groups is 1. The minimum Gasteiger partial charge on any atom is -0.394 e. The van der Waals surface area contributed by atoms with E-state index in [2.05, 4.69) is 61.7 Å². The van der Waals surface area contributed by atoms with E-state index in [1.54, 1.807) is 0 Å². The highest BCUT2D eigenvalue weighted by molar-refractivity contribution is 5.80. The number of allylic oxidation sites excluding steroid dienone is 8. The quantitative estimate of drug-likeness (QED) is 0.0232. The Balaban J connectivity index is 2.40. The van der Waals surface area contributed by atoms with Crippen LogP contribution < -0.4 is 5.32 Å². The maximum atomic E-state index is 13.0. The standard InChI is InChI=1S/C47H85NO10/c1-3-5-7-9-11-13-14-15-16-17-18-19-20-21-22-23-24-25-27-29-31-33-35-40(51)46(56)48-38(37-57-47-45(55)44(54)43(53)41(36-49)58-47)42(52)39(50)34-32-30-28-26-12-10-8-6-4-2/h6,8,18-19,21-22,26,28,38-45,47,49-55H,3-5,7,9-17,20,23-25,27,29-37H2,1-2H3,(H,48,56)/b8-6+,19-18-,22-21-,28-26+. The summed E-state index contributed by atoms with van der Waals surface area (Å²) in [4.78, 5) is 13.0. The molecule has 8 N–H and O–H groups in total. The summed E-state index contributed by atoms with van der Waals surface area (Å²) in [6.45, 7) is 3.26. The van der Waals surface area contributed by atoms with E-state index in [1.807, 2.05) is 6.08 Å². The molecule has 0 bridgehead atoms. The number of aliphatic hydroxyl groups excluding tert-OH is 7. The molecule has 0 radical (unpaired) electrons. The van der Waals surface area contributed by atoms with Crippen LogP contribution in [0.5, 0.6) is 0 Å². The number of amides is 1. The Labute approximate surface area is 351 Å². The van der Waals surface area contributed by atoms with Crippen molar-refractivity contribution in [3.63, 3.8) is 0 Å². The van der Waals surface area contributed by atoms with E-state index in [-0.39, 0.29) is 12.8 Å².